The lowest BCUT2D eigenvalue weighted by Gasteiger charge is -2.15. The summed E-state index contributed by atoms with van der Waals surface area (Å²) in [6.45, 7) is 3.67. The third-order valence-corrected chi connectivity index (χ3v) is 4.29. The highest BCUT2D eigenvalue weighted by Gasteiger charge is 2.13. The molecule has 2 aromatic carbocycles. The molecule has 0 saturated heterocycles. The SMILES string of the molecule is C#Cc1cccc(Nc2ncnc3cc(OCCOC)c(OCCCC)cc23)c1.Cl. The number of benzene rings is 2. The first-order valence-electron chi connectivity index (χ1n) is 9.62. The molecule has 6 nitrogen and oxygen atoms in total. The second-order valence-corrected chi connectivity index (χ2v) is 6.43. The summed E-state index contributed by atoms with van der Waals surface area (Å²) < 4.78 is 16.9. The molecular weight excluding hydrogens is 402 g/mol. The number of hydrogen-bond donors (Lipinski definition) is 1. The van der Waals surface area contributed by atoms with Gasteiger partial charge in [-0.05, 0) is 30.7 Å². The van der Waals surface area contributed by atoms with E-state index in [0.717, 1.165) is 35.0 Å². The molecule has 3 aromatic rings. The smallest absolute Gasteiger partial charge is 0.163 e. The average Bonchev–Trinajstić information content (AvgIpc) is 2.75. The fourth-order valence-electron chi connectivity index (χ4n) is 2.77. The van der Waals surface area contributed by atoms with E-state index in [-0.39, 0.29) is 12.4 Å². The predicted octanol–water partition coefficient (Wildman–Crippen LogP) is 4.98. The first-order chi connectivity index (χ1) is 14.2. The summed E-state index contributed by atoms with van der Waals surface area (Å²) in [4.78, 5) is 8.80. The number of fused-ring (bicyclic) bond motifs is 1. The van der Waals surface area contributed by atoms with Crippen LogP contribution in [0.5, 0.6) is 11.5 Å². The van der Waals surface area contributed by atoms with E-state index >= 15 is 0 Å². The number of hydrogen-bond acceptors (Lipinski definition) is 6. The topological polar surface area (TPSA) is 65.5 Å². The van der Waals surface area contributed by atoms with Crippen LogP contribution in [0.3, 0.4) is 0 Å². The van der Waals surface area contributed by atoms with Gasteiger partial charge in [0, 0.05) is 29.8 Å². The molecule has 0 radical (unpaired) electrons. The summed E-state index contributed by atoms with van der Waals surface area (Å²) in [5, 5.41) is 4.16. The van der Waals surface area contributed by atoms with Crippen molar-refractivity contribution in [2.45, 2.75) is 19.8 Å². The van der Waals surface area contributed by atoms with Gasteiger partial charge < -0.3 is 19.5 Å². The van der Waals surface area contributed by atoms with E-state index in [1.54, 1.807) is 7.11 Å². The van der Waals surface area contributed by atoms with Gasteiger partial charge in [0.05, 0.1) is 18.7 Å². The second kappa shape index (κ2) is 11.9. The van der Waals surface area contributed by atoms with Gasteiger partial charge in [0.2, 0.25) is 0 Å². The van der Waals surface area contributed by atoms with Crippen LogP contribution in [0.25, 0.3) is 10.9 Å². The Morgan fingerprint density at radius 2 is 1.83 bits per heavy atom. The second-order valence-electron chi connectivity index (χ2n) is 6.43. The van der Waals surface area contributed by atoms with Gasteiger partial charge in [0.15, 0.2) is 11.5 Å². The van der Waals surface area contributed by atoms with E-state index < -0.39 is 0 Å². The van der Waals surface area contributed by atoms with Gasteiger partial charge in [-0.1, -0.05) is 25.3 Å². The molecule has 0 unspecified atom stereocenters. The molecule has 0 saturated carbocycles. The molecule has 0 aliphatic rings. The number of nitrogens with one attached hydrogen (secondary N) is 1. The van der Waals surface area contributed by atoms with Crippen molar-refractivity contribution in [3.8, 4) is 23.8 Å². The maximum Gasteiger partial charge on any atom is 0.163 e. The maximum absolute atomic E-state index is 5.98. The van der Waals surface area contributed by atoms with Crippen molar-refractivity contribution in [1.82, 2.24) is 9.97 Å². The molecule has 0 amide bonds. The zero-order chi connectivity index (χ0) is 20.5. The molecule has 7 heteroatoms. The average molecular weight is 428 g/mol. The van der Waals surface area contributed by atoms with Crippen molar-refractivity contribution in [1.29, 1.82) is 0 Å². The highest BCUT2D eigenvalue weighted by atomic mass is 35.5. The third kappa shape index (κ3) is 5.99. The first kappa shape index (κ1) is 23.3. The Hall–Kier alpha value is -3.01. The van der Waals surface area contributed by atoms with Gasteiger partial charge >= 0.3 is 0 Å². The number of methoxy groups -OCH3 is 1. The molecule has 30 heavy (non-hydrogen) atoms. The molecule has 1 N–H and O–H groups in total. The lowest BCUT2D eigenvalue weighted by atomic mass is 10.2. The van der Waals surface area contributed by atoms with Crippen molar-refractivity contribution >= 4 is 34.8 Å². The third-order valence-electron chi connectivity index (χ3n) is 4.29. The fraction of sp³-hybridized carbons (Fsp3) is 0.304. The molecule has 0 bridgehead atoms. The molecule has 0 aliphatic carbocycles. The number of rotatable bonds is 10. The highest BCUT2D eigenvalue weighted by Crippen LogP contribution is 2.35. The molecule has 1 aromatic heterocycles. The van der Waals surface area contributed by atoms with Crippen LogP contribution in [-0.2, 0) is 4.74 Å². The van der Waals surface area contributed by atoms with Crippen LogP contribution in [0, 0.1) is 12.3 Å². The van der Waals surface area contributed by atoms with Crippen molar-refractivity contribution in [3.05, 3.63) is 48.3 Å². The van der Waals surface area contributed by atoms with E-state index in [1.807, 2.05) is 36.4 Å². The van der Waals surface area contributed by atoms with Crippen molar-refractivity contribution in [3.63, 3.8) is 0 Å². The van der Waals surface area contributed by atoms with Crippen LogP contribution in [-0.4, -0.2) is 36.9 Å². The minimum Gasteiger partial charge on any atom is -0.490 e. The van der Waals surface area contributed by atoms with E-state index in [9.17, 15) is 0 Å². The van der Waals surface area contributed by atoms with Gasteiger partial charge in [0.25, 0.3) is 0 Å². The van der Waals surface area contributed by atoms with Crippen LogP contribution in [0.1, 0.15) is 25.3 Å². The fourth-order valence-corrected chi connectivity index (χ4v) is 2.77. The molecule has 0 atom stereocenters. The molecule has 1 heterocycles. The number of terminal acetylenes is 1. The maximum atomic E-state index is 5.98. The van der Waals surface area contributed by atoms with Crippen molar-refractivity contribution < 1.29 is 14.2 Å². The molecule has 0 fully saturated rings. The summed E-state index contributed by atoms with van der Waals surface area (Å²) in [7, 11) is 1.64. The minimum absolute atomic E-state index is 0. The number of aromatic nitrogens is 2. The molecule has 0 aliphatic heterocycles. The zero-order valence-electron chi connectivity index (χ0n) is 17.2. The Kier molecular flexibility index (Phi) is 9.20. The van der Waals surface area contributed by atoms with Gasteiger partial charge in [-0.3, -0.25) is 0 Å². The number of nitrogens with zero attached hydrogens (tertiary/aromatic N) is 2. The Labute approximate surface area is 183 Å². The first-order valence-corrected chi connectivity index (χ1v) is 9.62. The molecule has 0 spiro atoms. The summed E-state index contributed by atoms with van der Waals surface area (Å²) >= 11 is 0. The molecule has 158 valence electrons. The normalized spacial score (nSPS) is 10.2. The Balaban J connectivity index is 0.00000320. The van der Waals surface area contributed by atoms with Crippen LogP contribution >= 0.6 is 12.4 Å². The van der Waals surface area contributed by atoms with E-state index in [0.29, 0.717) is 37.1 Å². The van der Waals surface area contributed by atoms with Gasteiger partial charge in [0.1, 0.15) is 18.8 Å². The van der Waals surface area contributed by atoms with E-state index in [4.69, 9.17) is 20.6 Å². The molecular formula is C23H26ClN3O3. The van der Waals surface area contributed by atoms with Crippen molar-refractivity contribution in [2.75, 3.05) is 32.2 Å². The van der Waals surface area contributed by atoms with Crippen LogP contribution < -0.4 is 14.8 Å². The lowest BCUT2D eigenvalue weighted by molar-refractivity contribution is 0.143. The largest absolute Gasteiger partial charge is 0.490 e. The van der Waals surface area contributed by atoms with Crippen LogP contribution in [0.2, 0.25) is 0 Å². The lowest BCUT2D eigenvalue weighted by Crippen LogP contribution is -2.07. The minimum atomic E-state index is 0. The van der Waals surface area contributed by atoms with Gasteiger partial charge in [-0.25, -0.2) is 9.97 Å². The summed E-state index contributed by atoms with van der Waals surface area (Å²) in [5.74, 6) is 4.62. The van der Waals surface area contributed by atoms with E-state index in [1.165, 1.54) is 6.33 Å². The van der Waals surface area contributed by atoms with Gasteiger partial charge in [-0.2, -0.15) is 0 Å². The Morgan fingerprint density at radius 3 is 2.60 bits per heavy atom. The summed E-state index contributed by atoms with van der Waals surface area (Å²) in [5.41, 5.74) is 2.41. The van der Waals surface area contributed by atoms with E-state index in [2.05, 4.69) is 28.1 Å². The quantitative estimate of drug-likeness (QED) is 0.363. The Morgan fingerprint density at radius 1 is 1.03 bits per heavy atom. The monoisotopic (exact) mass is 427 g/mol. The summed E-state index contributed by atoms with van der Waals surface area (Å²) in [6.07, 6.45) is 9.04. The van der Waals surface area contributed by atoms with Gasteiger partial charge in [-0.15, -0.1) is 18.8 Å². The predicted molar refractivity (Wildman–Crippen MR) is 122 cm³/mol. The standard InChI is InChI=1S/C23H25N3O3.ClH/c1-4-6-10-28-21-14-19-20(15-22(21)29-12-11-27-3)24-16-25-23(19)26-18-9-7-8-17(5-2)13-18;/h2,7-9,13-16H,4,6,10-12H2,1,3H3,(H,24,25,26);1H. The van der Waals surface area contributed by atoms with Crippen LogP contribution in [0.4, 0.5) is 11.5 Å². The number of halogens is 1. The zero-order valence-corrected chi connectivity index (χ0v) is 18.0. The summed E-state index contributed by atoms with van der Waals surface area (Å²) in [6, 6.07) is 11.4. The number of anilines is 2. The molecule has 3 rings (SSSR count). The Bertz CT molecular complexity index is 1000. The van der Waals surface area contributed by atoms with Crippen molar-refractivity contribution in [2.24, 2.45) is 0 Å². The number of unbranched alkanes of at least 4 members (excludes halogenated alkanes) is 1. The highest BCUT2D eigenvalue weighted by molar-refractivity contribution is 5.93. The number of ether oxygens (including phenoxy) is 3. The van der Waals surface area contributed by atoms with Crippen LogP contribution in [0.15, 0.2) is 42.7 Å².